The van der Waals surface area contributed by atoms with Crippen molar-refractivity contribution < 1.29 is 4.79 Å². The zero-order valence-electron chi connectivity index (χ0n) is 24.9. The molecule has 0 saturated heterocycles. The molecular formula is C36H28N8O2. The summed E-state index contributed by atoms with van der Waals surface area (Å²) in [5.41, 5.74) is 6.10. The summed E-state index contributed by atoms with van der Waals surface area (Å²) >= 11 is 0. The molecule has 0 aliphatic carbocycles. The van der Waals surface area contributed by atoms with Crippen LogP contribution in [0.5, 0.6) is 0 Å². The summed E-state index contributed by atoms with van der Waals surface area (Å²) in [5.74, 6) is 0.490. The average molecular weight is 605 g/mol. The molecule has 4 aromatic carbocycles. The molecule has 0 spiro atoms. The van der Waals surface area contributed by atoms with Crippen LogP contribution in [0.2, 0.25) is 0 Å². The van der Waals surface area contributed by atoms with E-state index in [0.29, 0.717) is 34.5 Å². The SMILES string of the molecule is Cn1nnnc1-c1ccccc1-c1ccc(Cn2cnc3ccc(N(Cc4ccccn4)C(=O)c4ccccc4)cc3c2=O)cc1. The molecule has 0 N–H and O–H groups in total. The van der Waals surface area contributed by atoms with E-state index >= 15 is 0 Å². The van der Waals surface area contributed by atoms with Gasteiger partial charge in [-0.05, 0) is 69.6 Å². The third kappa shape index (κ3) is 5.67. The molecule has 46 heavy (non-hydrogen) atoms. The van der Waals surface area contributed by atoms with Crippen molar-refractivity contribution in [2.45, 2.75) is 13.1 Å². The Morgan fingerprint density at radius 3 is 2.30 bits per heavy atom. The minimum Gasteiger partial charge on any atom is -0.302 e. The van der Waals surface area contributed by atoms with Crippen LogP contribution in [0, 0.1) is 0 Å². The first-order valence-electron chi connectivity index (χ1n) is 14.7. The van der Waals surface area contributed by atoms with Crippen molar-refractivity contribution in [3.05, 3.63) is 155 Å². The first-order valence-corrected chi connectivity index (χ1v) is 14.7. The molecule has 3 heterocycles. The van der Waals surface area contributed by atoms with Crippen LogP contribution >= 0.6 is 0 Å². The molecule has 0 aliphatic rings. The summed E-state index contributed by atoms with van der Waals surface area (Å²) in [7, 11) is 1.81. The highest BCUT2D eigenvalue weighted by Crippen LogP contribution is 2.30. The fourth-order valence-electron chi connectivity index (χ4n) is 5.47. The summed E-state index contributed by atoms with van der Waals surface area (Å²) in [5, 5.41) is 12.4. The third-order valence-corrected chi connectivity index (χ3v) is 7.84. The van der Waals surface area contributed by atoms with Crippen molar-refractivity contribution in [2.24, 2.45) is 7.05 Å². The van der Waals surface area contributed by atoms with Gasteiger partial charge in [0.25, 0.3) is 11.5 Å². The van der Waals surface area contributed by atoms with E-state index in [2.05, 4.69) is 25.5 Å². The van der Waals surface area contributed by atoms with E-state index < -0.39 is 0 Å². The molecule has 10 heteroatoms. The Morgan fingerprint density at radius 1 is 0.804 bits per heavy atom. The van der Waals surface area contributed by atoms with Crippen LogP contribution in [0.3, 0.4) is 0 Å². The normalized spacial score (nSPS) is 11.1. The third-order valence-electron chi connectivity index (χ3n) is 7.84. The van der Waals surface area contributed by atoms with E-state index in [1.807, 2.05) is 98.0 Å². The molecule has 1 amide bonds. The predicted octanol–water partition coefficient (Wildman–Crippen LogP) is 5.54. The standard InChI is InChI=1S/C36H28N8O2/c1-42-34(39-40-41-42)31-13-6-5-12-30(31)26-16-14-25(15-17-26)22-43-24-38-33-19-18-29(21-32(33)36(43)46)44(23-28-11-7-8-20-37-28)35(45)27-9-3-2-4-10-27/h2-21,24H,22-23H2,1H3. The van der Waals surface area contributed by atoms with Gasteiger partial charge in [0.2, 0.25) is 0 Å². The van der Waals surface area contributed by atoms with Crippen LogP contribution in [0.25, 0.3) is 33.4 Å². The highest BCUT2D eigenvalue weighted by Gasteiger charge is 2.20. The Kier molecular flexibility index (Phi) is 7.66. The number of aryl methyl sites for hydroxylation is 1. The van der Waals surface area contributed by atoms with Crippen LogP contribution in [0.15, 0.2) is 133 Å². The van der Waals surface area contributed by atoms with Crippen molar-refractivity contribution in [3.63, 3.8) is 0 Å². The molecule has 0 saturated carbocycles. The summed E-state index contributed by atoms with van der Waals surface area (Å²) in [6.45, 7) is 0.582. The highest BCUT2D eigenvalue weighted by molar-refractivity contribution is 6.06. The fraction of sp³-hybridized carbons (Fsp3) is 0.0833. The number of nitrogens with zero attached hydrogens (tertiary/aromatic N) is 8. The van der Waals surface area contributed by atoms with Gasteiger partial charge in [0.05, 0.1) is 36.0 Å². The van der Waals surface area contributed by atoms with Crippen molar-refractivity contribution >= 4 is 22.5 Å². The number of benzene rings is 4. The monoisotopic (exact) mass is 604 g/mol. The zero-order chi connectivity index (χ0) is 31.5. The van der Waals surface area contributed by atoms with Crippen molar-refractivity contribution in [3.8, 4) is 22.5 Å². The molecule has 7 aromatic rings. The number of amides is 1. The van der Waals surface area contributed by atoms with Gasteiger partial charge in [-0.1, -0.05) is 72.8 Å². The van der Waals surface area contributed by atoms with Gasteiger partial charge in [-0.25, -0.2) is 9.67 Å². The van der Waals surface area contributed by atoms with E-state index in [4.69, 9.17) is 0 Å². The molecule has 0 atom stereocenters. The fourth-order valence-corrected chi connectivity index (χ4v) is 5.47. The van der Waals surface area contributed by atoms with Crippen LogP contribution in [0.4, 0.5) is 5.69 Å². The van der Waals surface area contributed by atoms with Gasteiger partial charge in [-0.3, -0.25) is 19.1 Å². The first kappa shape index (κ1) is 28.5. The van der Waals surface area contributed by atoms with E-state index in [1.165, 1.54) is 0 Å². The van der Waals surface area contributed by atoms with Crippen molar-refractivity contribution in [2.75, 3.05) is 4.90 Å². The molecular weight excluding hydrogens is 576 g/mol. The number of fused-ring (bicyclic) bond motifs is 1. The number of carbonyl (C=O) groups excluding carboxylic acids is 1. The van der Waals surface area contributed by atoms with Gasteiger partial charge in [0, 0.05) is 30.1 Å². The van der Waals surface area contributed by atoms with E-state index in [-0.39, 0.29) is 18.0 Å². The van der Waals surface area contributed by atoms with Crippen LogP contribution < -0.4 is 10.5 Å². The van der Waals surface area contributed by atoms with Crippen LogP contribution in [0.1, 0.15) is 21.6 Å². The minimum absolute atomic E-state index is 0.188. The second-order valence-corrected chi connectivity index (χ2v) is 10.8. The summed E-state index contributed by atoms with van der Waals surface area (Å²) in [6.07, 6.45) is 3.26. The lowest BCUT2D eigenvalue weighted by Gasteiger charge is -2.23. The Balaban J connectivity index is 1.20. The Morgan fingerprint density at radius 2 is 1.57 bits per heavy atom. The lowest BCUT2D eigenvalue weighted by Crippen LogP contribution is -2.31. The molecule has 3 aromatic heterocycles. The lowest BCUT2D eigenvalue weighted by molar-refractivity contribution is 0.0985. The topological polar surface area (TPSA) is 112 Å². The Bertz CT molecular complexity index is 2210. The first-order chi connectivity index (χ1) is 22.5. The lowest BCUT2D eigenvalue weighted by atomic mass is 9.98. The summed E-state index contributed by atoms with van der Waals surface area (Å²) < 4.78 is 3.23. The number of pyridine rings is 1. The molecule has 0 fully saturated rings. The molecule has 0 unspecified atom stereocenters. The van der Waals surface area contributed by atoms with Crippen LogP contribution in [-0.4, -0.2) is 40.6 Å². The van der Waals surface area contributed by atoms with E-state index in [0.717, 1.165) is 27.9 Å². The molecule has 10 nitrogen and oxygen atoms in total. The van der Waals surface area contributed by atoms with Gasteiger partial charge >= 0.3 is 0 Å². The quantitative estimate of drug-likeness (QED) is 0.224. The highest BCUT2D eigenvalue weighted by atomic mass is 16.2. The zero-order valence-corrected chi connectivity index (χ0v) is 24.9. The maximum Gasteiger partial charge on any atom is 0.261 e. The number of tetrazole rings is 1. The number of hydrogen-bond acceptors (Lipinski definition) is 7. The molecule has 7 rings (SSSR count). The van der Waals surface area contributed by atoms with Gasteiger partial charge in [-0.15, -0.1) is 5.10 Å². The van der Waals surface area contributed by atoms with E-state index in [1.54, 1.807) is 50.9 Å². The van der Waals surface area contributed by atoms with Crippen molar-refractivity contribution in [1.82, 2.24) is 34.7 Å². The predicted molar refractivity (Wildman–Crippen MR) is 176 cm³/mol. The maximum absolute atomic E-state index is 13.8. The van der Waals surface area contributed by atoms with Gasteiger partial charge in [0.1, 0.15) is 0 Å². The summed E-state index contributed by atoms with van der Waals surface area (Å²) in [6, 6.07) is 36.0. The number of rotatable bonds is 8. The Hall–Kier alpha value is -6.29. The van der Waals surface area contributed by atoms with Crippen LogP contribution in [-0.2, 0) is 20.1 Å². The van der Waals surface area contributed by atoms with Gasteiger partial charge < -0.3 is 4.90 Å². The molecule has 0 aliphatic heterocycles. The maximum atomic E-state index is 13.8. The molecule has 224 valence electrons. The minimum atomic E-state index is -0.194. The number of aromatic nitrogens is 7. The van der Waals surface area contributed by atoms with E-state index in [9.17, 15) is 9.59 Å². The number of anilines is 1. The number of carbonyl (C=O) groups is 1. The molecule has 0 bridgehead atoms. The second kappa shape index (κ2) is 12.4. The van der Waals surface area contributed by atoms with Gasteiger partial charge in [0.15, 0.2) is 5.82 Å². The number of hydrogen-bond donors (Lipinski definition) is 0. The summed E-state index contributed by atoms with van der Waals surface area (Å²) in [4.78, 5) is 38.1. The largest absolute Gasteiger partial charge is 0.302 e. The average Bonchev–Trinajstić information content (AvgIpc) is 3.54. The van der Waals surface area contributed by atoms with Crippen molar-refractivity contribution in [1.29, 1.82) is 0 Å². The molecule has 0 radical (unpaired) electrons. The Labute approximate surface area is 264 Å². The smallest absolute Gasteiger partial charge is 0.261 e. The second-order valence-electron chi connectivity index (χ2n) is 10.8. The van der Waals surface area contributed by atoms with Gasteiger partial charge in [-0.2, -0.15) is 0 Å².